The Hall–Kier alpha value is -5.82. The van der Waals surface area contributed by atoms with E-state index in [0.717, 1.165) is 0 Å². The molecule has 0 radical (unpaired) electrons. The second-order valence-electron chi connectivity index (χ2n) is 15.6. The minimum absolute atomic E-state index is 0.00534. The summed E-state index contributed by atoms with van der Waals surface area (Å²) in [6.07, 6.45) is 6.44. The zero-order valence-corrected chi connectivity index (χ0v) is 39.9. The van der Waals surface area contributed by atoms with E-state index in [2.05, 4.69) is 30.1 Å². The summed E-state index contributed by atoms with van der Waals surface area (Å²) in [4.78, 5) is 50.5. The van der Waals surface area contributed by atoms with Crippen LogP contribution in [-0.2, 0) is 22.7 Å². The van der Waals surface area contributed by atoms with Gasteiger partial charge in [0.15, 0.2) is 11.6 Å². The van der Waals surface area contributed by atoms with Crippen molar-refractivity contribution in [2.75, 3.05) is 63.3 Å². The maximum absolute atomic E-state index is 14.6. The number of carbonyl (C=O) groups is 2. The number of rotatable bonds is 10. The van der Waals surface area contributed by atoms with Crippen molar-refractivity contribution in [1.82, 2.24) is 49.3 Å². The van der Waals surface area contributed by atoms with Gasteiger partial charge >= 0.3 is 0 Å². The lowest BCUT2D eigenvalue weighted by molar-refractivity contribution is -0.135. The molecule has 2 amide bonds. The van der Waals surface area contributed by atoms with Gasteiger partial charge in [-0.3, -0.25) is 19.0 Å². The van der Waals surface area contributed by atoms with Gasteiger partial charge in [0.05, 0.1) is 57.1 Å². The number of ether oxygens (including phenoxy) is 2. The van der Waals surface area contributed by atoms with Gasteiger partial charge in [-0.15, -0.1) is 0 Å². The Morgan fingerprint density at radius 2 is 1.11 bits per heavy atom. The fraction of sp³-hybridized carbons (Fsp3) is 0.364. The lowest BCUT2D eigenvalue weighted by Gasteiger charge is -2.41. The number of aromatic nitrogens is 8. The summed E-state index contributed by atoms with van der Waals surface area (Å²) in [6.45, 7) is 10.2. The second kappa shape index (κ2) is 20.8. The van der Waals surface area contributed by atoms with E-state index in [0.29, 0.717) is 107 Å². The molecule has 0 unspecified atom stereocenters. The maximum Gasteiger partial charge on any atom is 0.244 e. The molecular formula is C44H46Cl4F2N12O4. The van der Waals surface area contributed by atoms with Crippen LogP contribution in [0.4, 0.5) is 20.2 Å². The minimum Gasteiger partial charge on any atom is -0.495 e. The highest BCUT2D eigenvalue weighted by Crippen LogP contribution is 2.35. The molecule has 4 aromatic heterocycles. The molecule has 348 valence electrons. The monoisotopic (exact) mass is 984 g/mol. The van der Waals surface area contributed by atoms with E-state index in [1.165, 1.54) is 31.0 Å². The van der Waals surface area contributed by atoms with Crippen molar-refractivity contribution >= 4 is 69.6 Å². The Balaban J connectivity index is 0.000000196. The van der Waals surface area contributed by atoms with Crippen LogP contribution in [0.1, 0.15) is 25.2 Å². The topological polar surface area (TPSA) is 153 Å². The molecule has 6 aromatic rings. The van der Waals surface area contributed by atoms with Crippen molar-refractivity contribution in [3.63, 3.8) is 0 Å². The number of aryl methyl sites for hydroxylation is 1. The molecule has 2 fully saturated rings. The molecule has 2 aliphatic rings. The fourth-order valence-electron chi connectivity index (χ4n) is 7.92. The molecule has 2 saturated heterocycles. The van der Waals surface area contributed by atoms with Gasteiger partial charge in [-0.1, -0.05) is 46.4 Å². The first-order valence-electron chi connectivity index (χ1n) is 20.8. The summed E-state index contributed by atoms with van der Waals surface area (Å²) in [5.41, 5.74) is 2.99. The predicted octanol–water partition coefficient (Wildman–Crippen LogP) is 7.68. The van der Waals surface area contributed by atoms with E-state index in [1.54, 1.807) is 77.4 Å². The molecule has 22 heteroatoms. The van der Waals surface area contributed by atoms with Gasteiger partial charge in [0, 0.05) is 88.3 Å². The zero-order chi connectivity index (χ0) is 47.4. The Labute approximate surface area is 400 Å². The summed E-state index contributed by atoms with van der Waals surface area (Å²) < 4.78 is 42.7. The van der Waals surface area contributed by atoms with E-state index in [-0.39, 0.29) is 47.0 Å². The third-order valence-corrected chi connectivity index (χ3v) is 12.8. The van der Waals surface area contributed by atoms with Crippen LogP contribution in [0.15, 0.2) is 61.2 Å². The third kappa shape index (κ3) is 10.3. The number of hydrogen-bond acceptors (Lipinski definition) is 12. The third-order valence-electron chi connectivity index (χ3n) is 11.3. The van der Waals surface area contributed by atoms with Crippen LogP contribution in [0.25, 0.3) is 23.0 Å². The summed E-state index contributed by atoms with van der Waals surface area (Å²) in [7, 11) is 2.97. The van der Waals surface area contributed by atoms with Crippen LogP contribution in [0.5, 0.6) is 11.5 Å². The fourth-order valence-corrected chi connectivity index (χ4v) is 8.81. The number of amides is 2. The Bertz CT molecular complexity index is 2710. The van der Waals surface area contributed by atoms with Gasteiger partial charge in [-0.2, -0.15) is 10.2 Å². The Morgan fingerprint density at radius 1 is 0.652 bits per heavy atom. The average molecular weight is 987 g/mol. The van der Waals surface area contributed by atoms with Crippen molar-refractivity contribution in [2.45, 2.75) is 52.9 Å². The molecule has 0 spiro atoms. The molecule has 2 atom stereocenters. The van der Waals surface area contributed by atoms with E-state index in [4.69, 9.17) is 55.9 Å². The molecule has 0 N–H and O–H groups in total. The second-order valence-corrected chi connectivity index (χ2v) is 17.2. The van der Waals surface area contributed by atoms with E-state index >= 15 is 0 Å². The smallest absolute Gasteiger partial charge is 0.244 e. The van der Waals surface area contributed by atoms with Crippen molar-refractivity contribution in [2.24, 2.45) is 0 Å². The molecule has 2 aliphatic heterocycles. The largest absolute Gasteiger partial charge is 0.495 e. The van der Waals surface area contributed by atoms with E-state index in [9.17, 15) is 18.4 Å². The predicted molar refractivity (Wildman–Crippen MR) is 249 cm³/mol. The SMILES string of the molecule is COc1cc(N2CCN(C(=O)Cn3nc(-c4ncccn4)c(Cl)c3C)[C@@H](C)C2)c(F)cc1Cl.COc1cc(N2CCN(C(=O)Cn3nc(C)c(Cl)c3-c3ncccn3)[C@@H](C)C2)c(F)cc1Cl. The highest BCUT2D eigenvalue weighted by atomic mass is 35.5. The van der Waals surface area contributed by atoms with Crippen LogP contribution in [0.2, 0.25) is 20.1 Å². The van der Waals surface area contributed by atoms with Crippen molar-refractivity contribution in [3.05, 3.63) is 104 Å². The van der Waals surface area contributed by atoms with Gasteiger partial charge in [0.2, 0.25) is 11.8 Å². The molecule has 0 saturated carbocycles. The van der Waals surface area contributed by atoms with Gasteiger partial charge in [-0.05, 0) is 52.0 Å². The average Bonchev–Trinajstić information content (AvgIpc) is 3.74. The quantitative estimate of drug-likeness (QED) is 0.132. The Kier molecular flexibility index (Phi) is 15.2. The number of nitrogens with zero attached hydrogens (tertiary/aromatic N) is 12. The number of halogens is 6. The van der Waals surface area contributed by atoms with Crippen LogP contribution >= 0.6 is 46.4 Å². The first-order chi connectivity index (χ1) is 31.6. The lowest BCUT2D eigenvalue weighted by atomic mass is 10.1. The summed E-state index contributed by atoms with van der Waals surface area (Å²) in [6, 6.07) is 8.78. The molecule has 0 aliphatic carbocycles. The highest BCUT2D eigenvalue weighted by Gasteiger charge is 2.32. The lowest BCUT2D eigenvalue weighted by Crippen LogP contribution is -2.55. The van der Waals surface area contributed by atoms with E-state index in [1.807, 2.05) is 23.6 Å². The van der Waals surface area contributed by atoms with Crippen molar-refractivity contribution in [3.8, 4) is 34.5 Å². The van der Waals surface area contributed by atoms with Gasteiger partial charge < -0.3 is 29.1 Å². The van der Waals surface area contributed by atoms with Crippen molar-refractivity contribution < 1.29 is 27.8 Å². The van der Waals surface area contributed by atoms with Crippen molar-refractivity contribution in [1.29, 1.82) is 0 Å². The first-order valence-corrected chi connectivity index (χ1v) is 22.3. The number of benzene rings is 2. The van der Waals surface area contributed by atoms with E-state index < -0.39 is 11.6 Å². The van der Waals surface area contributed by atoms with Crippen LogP contribution in [0, 0.1) is 25.5 Å². The summed E-state index contributed by atoms with van der Waals surface area (Å²) in [5, 5.41) is 10.1. The number of methoxy groups -OCH3 is 2. The first kappa shape index (κ1) is 48.1. The van der Waals surface area contributed by atoms with Crippen LogP contribution in [0.3, 0.4) is 0 Å². The molecule has 6 heterocycles. The number of piperazine rings is 2. The molecular weight excluding hydrogens is 940 g/mol. The maximum atomic E-state index is 14.6. The number of hydrogen-bond donors (Lipinski definition) is 0. The standard InChI is InChI=1S/2C22H23Cl2FN6O2/c1-13-11-29(17-10-18(33-3)15(23)9-16(17)25)7-8-30(13)19(32)12-31-14(2)20(24)21(28-31)22-26-5-4-6-27-22;1-13-11-29(17-10-18(33-3)15(23)9-16(17)25)7-8-30(13)19(32)12-31-21(20(24)14(2)28-31)22-26-5-4-6-27-22/h2*4-6,9-10,13H,7-8,11-12H2,1-3H3/t2*13-/m00/s1. The van der Waals surface area contributed by atoms with Gasteiger partial charge in [0.25, 0.3) is 0 Å². The molecule has 2 aromatic carbocycles. The zero-order valence-electron chi connectivity index (χ0n) is 36.9. The van der Waals surface area contributed by atoms with Crippen LogP contribution < -0.4 is 19.3 Å². The summed E-state index contributed by atoms with van der Waals surface area (Å²) in [5.74, 6) is 0.545. The number of anilines is 2. The molecule has 16 nitrogen and oxygen atoms in total. The molecule has 66 heavy (non-hydrogen) atoms. The minimum atomic E-state index is -0.429. The Morgan fingerprint density at radius 3 is 1.56 bits per heavy atom. The highest BCUT2D eigenvalue weighted by molar-refractivity contribution is 6.34. The normalized spacial score (nSPS) is 16.2. The van der Waals surface area contributed by atoms with Gasteiger partial charge in [0.1, 0.15) is 47.6 Å². The van der Waals surface area contributed by atoms with Crippen LogP contribution in [-0.4, -0.2) is 127 Å². The molecule has 8 rings (SSSR count). The van der Waals surface area contributed by atoms with Gasteiger partial charge in [-0.25, -0.2) is 28.7 Å². The summed E-state index contributed by atoms with van der Waals surface area (Å²) >= 11 is 24.9. The number of carbonyl (C=O) groups excluding carboxylic acids is 2. The molecule has 0 bridgehead atoms.